The van der Waals surface area contributed by atoms with Crippen LogP contribution in [0.15, 0.2) is 47.4 Å². The van der Waals surface area contributed by atoms with Crippen molar-refractivity contribution >= 4 is 21.6 Å². The number of benzene rings is 2. The third-order valence-corrected chi connectivity index (χ3v) is 7.00. The van der Waals surface area contributed by atoms with Crippen LogP contribution in [0.3, 0.4) is 0 Å². The van der Waals surface area contributed by atoms with Gasteiger partial charge in [-0.2, -0.15) is 4.31 Å². The van der Waals surface area contributed by atoms with Crippen LogP contribution in [0.4, 0.5) is 5.69 Å². The highest BCUT2D eigenvalue weighted by Crippen LogP contribution is 2.30. The maximum atomic E-state index is 13.0. The Bertz CT molecular complexity index is 1020. The summed E-state index contributed by atoms with van der Waals surface area (Å²) in [5.74, 6) is 1.02. The summed E-state index contributed by atoms with van der Waals surface area (Å²) in [7, 11) is -0.634. The summed E-state index contributed by atoms with van der Waals surface area (Å²) in [6, 6.07) is 11.4. The molecule has 0 radical (unpaired) electrons. The van der Waals surface area contributed by atoms with Crippen molar-refractivity contribution in [2.45, 2.75) is 37.2 Å². The van der Waals surface area contributed by atoms with E-state index in [4.69, 9.17) is 14.2 Å². The van der Waals surface area contributed by atoms with Gasteiger partial charge in [-0.05, 0) is 50.1 Å². The van der Waals surface area contributed by atoms with Gasteiger partial charge in [-0.15, -0.1) is 0 Å². The molecule has 3 rings (SSSR count). The van der Waals surface area contributed by atoms with Crippen molar-refractivity contribution in [2.24, 2.45) is 0 Å². The van der Waals surface area contributed by atoms with Gasteiger partial charge in [0.15, 0.2) is 6.10 Å². The van der Waals surface area contributed by atoms with Crippen molar-refractivity contribution in [3.05, 3.63) is 42.5 Å². The second-order valence-corrected chi connectivity index (χ2v) is 9.19. The number of hydrogen-bond donors (Lipinski definition) is 1. The molecule has 1 atom stereocenters. The third kappa shape index (κ3) is 5.48. The predicted octanol–water partition coefficient (Wildman–Crippen LogP) is 3.28. The first-order valence-corrected chi connectivity index (χ1v) is 11.6. The Balaban J connectivity index is 1.77. The van der Waals surface area contributed by atoms with Gasteiger partial charge in [-0.1, -0.05) is 12.5 Å². The van der Waals surface area contributed by atoms with Crippen LogP contribution in [0, 0.1) is 0 Å². The van der Waals surface area contributed by atoms with E-state index < -0.39 is 22.0 Å². The number of methoxy groups -OCH3 is 2. The normalized spacial score (nSPS) is 15.7. The number of nitrogens with one attached hydrogen (secondary N) is 1. The minimum Gasteiger partial charge on any atom is -0.497 e. The van der Waals surface area contributed by atoms with Gasteiger partial charge in [-0.25, -0.2) is 8.42 Å². The number of amides is 1. The molecule has 0 aromatic heterocycles. The number of sulfonamides is 1. The number of carbonyl (C=O) groups is 1. The highest BCUT2D eigenvalue weighted by molar-refractivity contribution is 7.89. The molecule has 0 aliphatic carbocycles. The van der Waals surface area contributed by atoms with Crippen molar-refractivity contribution < 1.29 is 27.4 Å². The summed E-state index contributed by atoms with van der Waals surface area (Å²) in [5, 5.41) is 2.72. The molecule has 1 aliphatic rings. The van der Waals surface area contributed by atoms with E-state index in [0.29, 0.717) is 30.3 Å². The van der Waals surface area contributed by atoms with Crippen LogP contribution < -0.4 is 19.5 Å². The van der Waals surface area contributed by atoms with Crippen molar-refractivity contribution in [3.8, 4) is 17.2 Å². The zero-order valence-corrected chi connectivity index (χ0v) is 18.8. The first-order chi connectivity index (χ1) is 14.8. The standard InChI is InChI=1S/C22H28N2O6S/c1-16(30-18-9-7-8-17(14-18)28-2)22(25)23-20-15-19(10-11-21(20)29-3)31(26,27)24-12-5-4-6-13-24/h7-11,14-16H,4-6,12-13H2,1-3H3,(H,23,25)/t16-/m1/s1. The zero-order valence-electron chi connectivity index (χ0n) is 18.0. The molecule has 1 saturated heterocycles. The van der Waals surface area contributed by atoms with Crippen LogP contribution in [-0.2, 0) is 14.8 Å². The lowest BCUT2D eigenvalue weighted by molar-refractivity contribution is -0.122. The Morgan fingerprint density at radius 2 is 1.71 bits per heavy atom. The summed E-state index contributed by atoms with van der Waals surface area (Å²) in [5.41, 5.74) is 0.270. The Morgan fingerprint density at radius 1 is 1.00 bits per heavy atom. The van der Waals surface area contributed by atoms with Gasteiger partial charge in [0.05, 0.1) is 24.8 Å². The van der Waals surface area contributed by atoms with E-state index in [1.807, 2.05) is 0 Å². The maximum Gasteiger partial charge on any atom is 0.265 e. The van der Waals surface area contributed by atoms with Gasteiger partial charge in [0.1, 0.15) is 17.2 Å². The SMILES string of the molecule is COc1cccc(O[C@H](C)C(=O)Nc2cc(S(=O)(=O)N3CCCCC3)ccc2OC)c1. The van der Waals surface area contributed by atoms with Gasteiger partial charge in [0.25, 0.3) is 5.91 Å². The average molecular weight is 449 g/mol. The summed E-state index contributed by atoms with van der Waals surface area (Å²) in [6.07, 6.45) is 1.89. The van der Waals surface area contributed by atoms with Crippen LogP contribution >= 0.6 is 0 Å². The van der Waals surface area contributed by atoms with Gasteiger partial charge in [-0.3, -0.25) is 4.79 Å². The number of carbonyl (C=O) groups excluding carboxylic acids is 1. The molecule has 1 heterocycles. The number of nitrogens with zero attached hydrogens (tertiary/aromatic N) is 1. The molecule has 1 amide bonds. The quantitative estimate of drug-likeness (QED) is 0.666. The topological polar surface area (TPSA) is 94.2 Å². The van der Waals surface area contributed by atoms with Crippen LogP contribution in [0.2, 0.25) is 0 Å². The van der Waals surface area contributed by atoms with Crippen molar-refractivity contribution in [2.75, 3.05) is 32.6 Å². The molecule has 0 saturated carbocycles. The summed E-state index contributed by atoms with van der Waals surface area (Å²) in [6.45, 7) is 2.61. The fourth-order valence-electron chi connectivity index (χ4n) is 3.37. The number of piperidine rings is 1. The lowest BCUT2D eigenvalue weighted by atomic mass is 10.2. The molecule has 168 valence electrons. The van der Waals surface area contributed by atoms with Gasteiger partial charge in [0.2, 0.25) is 10.0 Å². The first kappa shape index (κ1) is 22.9. The van der Waals surface area contributed by atoms with Crippen molar-refractivity contribution in [3.63, 3.8) is 0 Å². The molecule has 2 aromatic carbocycles. The largest absolute Gasteiger partial charge is 0.497 e. The molecule has 1 aliphatic heterocycles. The maximum absolute atomic E-state index is 13.0. The minimum atomic E-state index is -3.64. The molecule has 0 unspecified atom stereocenters. The van der Waals surface area contributed by atoms with E-state index in [0.717, 1.165) is 19.3 Å². The van der Waals surface area contributed by atoms with E-state index in [-0.39, 0.29) is 10.6 Å². The summed E-state index contributed by atoms with van der Waals surface area (Å²) in [4.78, 5) is 12.8. The van der Waals surface area contributed by atoms with Gasteiger partial charge >= 0.3 is 0 Å². The number of anilines is 1. The summed E-state index contributed by atoms with van der Waals surface area (Å²) >= 11 is 0. The Hall–Kier alpha value is -2.78. The average Bonchev–Trinajstić information content (AvgIpc) is 2.79. The second-order valence-electron chi connectivity index (χ2n) is 7.26. The minimum absolute atomic E-state index is 0.117. The molecule has 2 aromatic rings. The molecule has 1 fully saturated rings. The second kappa shape index (κ2) is 10.0. The van der Waals surface area contributed by atoms with E-state index in [1.165, 1.54) is 23.5 Å². The van der Waals surface area contributed by atoms with Crippen LogP contribution in [0.25, 0.3) is 0 Å². The monoisotopic (exact) mass is 448 g/mol. The van der Waals surface area contributed by atoms with Gasteiger partial charge in [0, 0.05) is 19.2 Å². The molecule has 0 bridgehead atoms. The highest BCUT2D eigenvalue weighted by Gasteiger charge is 2.27. The molecule has 8 nitrogen and oxygen atoms in total. The molecular weight excluding hydrogens is 420 g/mol. The smallest absolute Gasteiger partial charge is 0.265 e. The molecule has 31 heavy (non-hydrogen) atoms. The number of rotatable bonds is 8. The Morgan fingerprint density at radius 3 is 2.39 bits per heavy atom. The van der Waals surface area contributed by atoms with Crippen molar-refractivity contribution in [1.82, 2.24) is 4.31 Å². The number of ether oxygens (including phenoxy) is 3. The Kier molecular flexibility index (Phi) is 7.40. The molecule has 9 heteroatoms. The molecular formula is C22H28N2O6S. The fourth-order valence-corrected chi connectivity index (χ4v) is 4.91. The van der Waals surface area contributed by atoms with Gasteiger partial charge < -0.3 is 19.5 Å². The zero-order chi connectivity index (χ0) is 22.4. The fraction of sp³-hybridized carbons (Fsp3) is 0.409. The van der Waals surface area contributed by atoms with Crippen molar-refractivity contribution in [1.29, 1.82) is 0 Å². The lowest BCUT2D eigenvalue weighted by Crippen LogP contribution is -2.35. The van der Waals surface area contributed by atoms with E-state index in [1.54, 1.807) is 44.4 Å². The number of hydrogen-bond acceptors (Lipinski definition) is 6. The lowest BCUT2D eigenvalue weighted by Gasteiger charge is -2.26. The third-order valence-electron chi connectivity index (χ3n) is 5.10. The highest BCUT2D eigenvalue weighted by atomic mass is 32.2. The molecule has 0 spiro atoms. The molecule has 1 N–H and O–H groups in total. The summed E-state index contributed by atoms with van der Waals surface area (Å²) < 4.78 is 43.6. The van der Waals surface area contributed by atoms with Crippen LogP contribution in [-0.4, -0.2) is 52.0 Å². The Labute approximate surface area is 183 Å². The van der Waals surface area contributed by atoms with Crippen LogP contribution in [0.1, 0.15) is 26.2 Å². The van der Waals surface area contributed by atoms with E-state index in [2.05, 4.69) is 5.32 Å². The predicted molar refractivity (Wildman–Crippen MR) is 117 cm³/mol. The first-order valence-electron chi connectivity index (χ1n) is 10.1. The van der Waals surface area contributed by atoms with E-state index >= 15 is 0 Å². The van der Waals surface area contributed by atoms with E-state index in [9.17, 15) is 13.2 Å². The van der Waals surface area contributed by atoms with Crippen LogP contribution in [0.5, 0.6) is 17.2 Å².